The second kappa shape index (κ2) is 17.5. The molecule has 0 fully saturated rings. The molecule has 0 saturated heterocycles. The Morgan fingerprint density at radius 1 is 0.857 bits per heavy atom. The van der Waals surface area contributed by atoms with Crippen molar-refractivity contribution in [2.75, 3.05) is 38.9 Å². The first-order valence-corrected chi connectivity index (χ1v) is 13.4. The number of aromatic nitrogens is 2. The van der Waals surface area contributed by atoms with Gasteiger partial charge in [-0.1, -0.05) is 48.5 Å². The second-order valence-electron chi connectivity index (χ2n) is 7.75. The lowest BCUT2D eigenvalue weighted by Gasteiger charge is -2.14. The van der Waals surface area contributed by atoms with E-state index in [1.807, 2.05) is 36.4 Å². The SMILES string of the molecule is COc1ccccc1Oc1c(N=S(=O)=O)ncnc1OCCOC(=O)Nc1ccccc1.OCCOc1ccccc1. The summed E-state index contributed by atoms with van der Waals surface area (Å²) >= 11 is 0. The minimum absolute atomic E-state index is 0.0644. The lowest BCUT2D eigenvalue weighted by Crippen LogP contribution is -2.18. The van der Waals surface area contributed by atoms with E-state index in [1.165, 1.54) is 7.11 Å². The van der Waals surface area contributed by atoms with Crippen LogP contribution in [0.3, 0.4) is 0 Å². The maximum absolute atomic E-state index is 11.8. The van der Waals surface area contributed by atoms with Crippen LogP contribution in [0.5, 0.6) is 28.9 Å². The number of carbonyl (C=O) groups excluding carboxylic acids is 1. The van der Waals surface area contributed by atoms with E-state index in [2.05, 4.69) is 19.6 Å². The van der Waals surface area contributed by atoms with Gasteiger partial charge in [0.2, 0.25) is 11.6 Å². The summed E-state index contributed by atoms with van der Waals surface area (Å²) < 4.78 is 52.2. The van der Waals surface area contributed by atoms with Gasteiger partial charge in [-0.3, -0.25) is 5.32 Å². The Kier molecular flexibility index (Phi) is 13.0. The summed E-state index contributed by atoms with van der Waals surface area (Å²) in [5.74, 6) is 0.948. The molecule has 0 radical (unpaired) electrons. The summed E-state index contributed by atoms with van der Waals surface area (Å²) in [6.45, 7) is 0.219. The van der Waals surface area contributed by atoms with Crippen LogP contribution >= 0.6 is 0 Å². The standard InChI is InChI=1S/C20H18N4O7S.C8H10O2/c1-28-15-9-5-6-10-16(15)31-17-18(24-32(26)27)21-13-22-19(17)29-11-12-30-20(25)23-14-7-3-2-4-8-14;9-6-7-10-8-4-2-1-3-5-8/h2-10,13H,11-12H2,1H3,(H,23,25);1-5,9H,6-7H2. The zero-order valence-corrected chi connectivity index (χ0v) is 23.3. The molecular formula is C28H28N4O9S. The average molecular weight is 597 g/mol. The number of nitrogens with one attached hydrogen (secondary N) is 1. The number of hydrogen-bond donors (Lipinski definition) is 2. The van der Waals surface area contributed by atoms with E-state index in [4.69, 9.17) is 28.8 Å². The number of anilines is 1. The van der Waals surface area contributed by atoms with E-state index < -0.39 is 16.6 Å². The normalized spacial score (nSPS) is 9.86. The zero-order chi connectivity index (χ0) is 30.0. The maximum Gasteiger partial charge on any atom is 0.411 e. The Morgan fingerprint density at radius 2 is 1.52 bits per heavy atom. The molecule has 42 heavy (non-hydrogen) atoms. The predicted octanol–water partition coefficient (Wildman–Crippen LogP) is 4.66. The predicted molar refractivity (Wildman–Crippen MR) is 152 cm³/mol. The highest BCUT2D eigenvalue weighted by atomic mass is 32.2. The molecule has 0 unspecified atom stereocenters. The van der Waals surface area contributed by atoms with Gasteiger partial charge in [-0.25, -0.2) is 9.78 Å². The van der Waals surface area contributed by atoms with Gasteiger partial charge in [0, 0.05) is 5.69 Å². The van der Waals surface area contributed by atoms with Crippen molar-refractivity contribution in [1.29, 1.82) is 0 Å². The molecule has 1 heterocycles. The fourth-order valence-electron chi connectivity index (χ4n) is 3.12. The Hall–Kier alpha value is -5.21. The van der Waals surface area contributed by atoms with E-state index in [0.717, 1.165) is 12.1 Å². The van der Waals surface area contributed by atoms with Gasteiger partial charge in [-0.2, -0.15) is 13.4 Å². The van der Waals surface area contributed by atoms with Crippen molar-refractivity contribution in [1.82, 2.24) is 9.97 Å². The molecule has 2 N–H and O–H groups in total. The number of ether oxygens (including phenoxy) is 5. The first-order valence-electron chi connectivity index (χ1n) is 12.4. The van der Waals surface area contributed by atoms with Crippen molar-refractivity contribution < 1.29 is 42.0 Å². The van der Waals surface area contributed by atoms with Crippen molar-refractivity contribution in [3.63, 3.8) is 0 Å². The topological polar surface area (TPSA) is 168 Å². The molecule has 0 bridgehead atoms. The van der Waals surface area contributed by atoms with E-state index in [-0.39, 0.29) is 43.0 Å². The Morgan fingerprint density at radius 3 is 2.19 bits per heavy atom. The number of aliphatic hydroxyl groups excluding tert-OH is 1. The minimum Gasteiger partial charge on any atom is -0.493 e. The number of methoxy groups -OCH3 is 1. The first-order chi connectivity index (χ1) is 20.5. The largest absolute Gasteiger partial charge is 0.493 e. The molecule has 3 aromatic carbocycles. The van der Waals surface area contributed by atoms with Crippen LogP contribution in [-0.4, -0.2) is 63.1 Å². The number of para-hydroxylation sites is 4. The number of rotatable bonds is 12. The quantitative estimate of drug-likeness (QED) is 0.218. The number of amides is 1. The van der Waals surface area contributed by atoms with Crippen LogP contribution in [0.2, 0.25) is 0 Å². The molecule has 0 saturated carbocycles. The van der Waals surface area contributed by atoms with Crippen LogP contribution in [-0.2, 0) is 15.2 Å². The van der Waals surface area contributed by atoms with Crippen LogP contribution in [0, 0.1) is 0 Å². The van der Waals surface area contributed by atoms with Crippen LogP contribution in [0.4, 0.5) is 16.3 Å². The van der Waals surface area contributed by atoms with E-state index in [9.17, 15) is 13.2 Å². The number of nitrogens with zero attached hydrogens (tertiary/aromatic N) is 3. The molecule has 0 spiro atoms. The molecular weight excluding hydrogens is 568 g/mol. The minimum atomic E-state index is -2.79. The van der Waals surface area contributed by atoms with Crippen LogP contribution < -0.4 is 24.3 Å². The molecule has 14 heteroatoms. The summed E-state index contributed by atoms with van der Waals surface area (Å²) in [7, 11) is -1.34. The number of benzene rings is 3. The summed E-state index contributed by atoms with van der Waals surface area (Å²) in [5.41, 5.74) is 0.582. The number of aliphatic hydroxyl groups is 1. The molecule has 0 aliphatic heterocycles. The van der Waals surface area contributed by atoms with E-state index >= 15 is 0 Å². The van der Waals surface area contributed by atoms with Gasteiger partial charge >= 0.3 is 16.6 Å². The fourth-order valence-corrected chi connectivity index (χ4v) is 3.39. The molecule has 13 nitrogen and oxygen atoms in total. The van der Waals surface area contributed by atoms with E-state index in [0.29, 0.717) is 18.0 Å². The van der Waals surface area contributed by atoms with Crippen molar-refractivity contribution in [2.24, 2.45) is 4.36 Å². The summed E-state index contributed by atoms with van der Waals surface area (Å²) in [4.78, 5) is 19.6. The second-order valence-corrected chi connectivity index (χ2v) is 8.37. The molecule has 220 valence electrons. The first kappa shape index (κ1) is 31.3. The number of carbonyl (C=O) groups is 1. The number of hydrogen-bond acceptors (Lipinski definition) is 12. The van der Waals surface area contributed by atoms with Crippen molar-refractivity contribution in [3.8, 4) is 28.9 Å². The van der Waals surface area contributed by atoms with E-state index in [1.54, 1.807) is 48.5 Å². The van der Waals surface area contributed by atoms with Crippen molar-refractivity contribution in [2.45, 2.75) is 0 Å². The highest BCUT2D eigenvalue weighted by molar-refractivity contribution is 7.61. The molecule has 0 atom stereocenters. The Labute approximate surface area is 243 Å². The van der Waals surface area contributed by atoms with Gasteiger partial charge in [-0.15, -0.1) is 4.36 Å². The fraction of sp³-hybridized carbons (Fsp3) is 0.179. The maximum atomic E-state index is 11.8. The molecule has 1 aromatic heterocycles. The molecule has 4 rings (SSSR count). The van der Waals surface area contributed by atoms with Crippen molar-refractivity contribution >= 4 is 28.1 Å². The molecule has 4 aromatic rings. The third-order valence-corrected chi connectivity index (χ3v) is 5.20. The summed E-state index contributed by atoms with van der Waals surface area (Å²) in [6, 6.07) is 24.9. The highest BCUT2D eigenvalue weighted by Gasteiger charge is 2.18. The summed E-state index contributed by atoms with van der Waals surface area (Å²) in [6.07, 6.45) is 0.407. The van der Waals surface area contributed by atoms with Gasteiger partial charge in [0.25, 0.3) is 5.88 Å². The molecule has 0 aliphatic carbocycles. The third kappa shape index (κ3) is 10.7. The van der Waals surface area contributed by atoms with Crippen molar-refractivity contribution in [3.05, 3.63) is 91.3 Å². The van der Waals surface area contributed by atoms with Gasteiger partial charge < -0.3 is 28.8 Å². The van der Waals surface area contributed by atoms with Gasteiger partial charge in [0.1, 0.15) is 31.9 Å². The van der Waals surface area contributed by atoms with Crippen LogP contribution in [0.15, 0.2) is 95.6 Å². The zero-order valence-electron chi connectivity index (χ0n) is 22.5. The van der Waals surface area contributed by atoms with Gasteiger partial charge in [0.15, 0.2) is 11.5 Å². The Bertz CT molecular complexity index is 1530. The third-order valence-electron chi connectivity index (χ3n) is 4.87. The molecule has 1 amide bonds. The lowest BCUT2D eigenvalue weighted by molar-refractivity contribution is 0.135. The Balaban J connectivity index is 0.000000408. The monoisotopic (exact) mass is 596 g/mol. The summed E-state index contributed by atoms with van der Waals surface area (Å²) in [5, 5.41) is 11.0. The smallest absolute Gasteiger partial charge is 0.411 e. The molecule has 0 aliphatic rings. The van der Waals surface area contributed by atoms with Gasteiger partial charge in [-0.05, 0) is 36.4 Å². The highest BCUT2D eigenvalue weighted by Crippen LogP contribution is 2.40. The van der Waals surface area contributed by atoms with Crippen LogP contribution in [0.25, 0.3) is 0 Å². The van der Waals surface area contributed by atoms with Gasteiger partial charge in [0.05, 0.1) is 13.7 Å². The average Bonchev–Trinajstić information content (AvgIpc) is 3.01. The lowest BCUT2D eigenvalue weighted by atomic mass is 10.3. The van der Waals surface area contributed by atoms with Crippen LogP contribution in [0.1, 0.15) is 0 Å².